The van der Waals surface area contributed by atoms with E-state index in [1.54, 1.807) is 11.8 Å². The van der Waals surface area contributed by atoms with E-state index in [0.717, 1.165) is 38.1 Å². The topological polar surface area (TPSA) is 72.4 Å². The number of aromatic nitrogens is 1. The third-order valence-corrected chi connectivity index (χ3v) is 4.41. The van der Waals surface area contributed by atoms with E-state index in [2.05, 4.69) is 11.9 Å². The van der Waals surface area contributed by atoms with E-state index in [-0.39, 0.29) is 11.9 Å². The zero-order chi connectivity index (χ0) is 14.5. The van der Waals surface area contributed by atoms with Crippen LogP contribution in [0.25, 0.3) is 0 Å². The van der Waals surface area contributed by atoms with Crippen molar-refractivity contribution < 1.29 is 9.21 Å². The number of piperidine rings is 1. The molecule has 2 rings (SSSR count). The van der Waals surface area contributed by atoms with Gasteiger partial charge in [0, 0.05) is 13.1 Å². The molecular weight excluding hydrogens is 274 g/mol. The SMILES string of the molecule is CSCCC(N)c1nc(C(=O)N2CCC(C)CC2)co1. The lowest BCUT2D eigenvalue weighted by atomic mass is 9.99. The fraction of sp³-hybridized carbons (Fsp3) is 0.714. The Balaban J connectivity index is 1.95. The Morgan fingerprint density at radius 1 is 1.60 bits per heavy atom. The fourth-order valence-electron chi connectivity index (χ4n) is 2.30. The summed E-state index contributed by atoms with van der Waals surface area (Å²) in [6.07, 6.45) is 6.40. The molecular formula is C14H23N3O2S. The van der Waals surface area contributed by atoms with E-state index in [0.29, 0.717) is 17.5 Å². The number of amides is 1. The van der Waals surface area contributed by atoms with Crippen molar-refractivity contribution in [3.8, 4) is 0 Å². The number of nitrogens with zero attached hydrogens (tertiary/aromatic N) is 2. The van der Waals surface area contributed by atoms with Gasteiger partial charge < -0.3 is 15.1 Å². The van der Waals surface area contributed by atoms with Gasteiger partial charge in [-0.15, -0.1) is 0 Å². The number of rotatable bonds is 5. The lowest BCUT2D eigenvalue weighted by molar-refractivity contribution is 0.0691. The molecule has 1 saturated heterocycles. The maximum atomic E-state index is 12.3. The fourth-order valence-corrected chi connectivity index (χ4v) is 2.79. The summed E-state index contributed by atoms with van der Waals surface area (Å²) in [5, 5.41) is 0. The molecule has 1 fully saturated rings. The summed E-state index contributed by atoms with van der Waals surface area (Å²) in [6, 6.07) is -0.231. The summed E-state index contributed by atoms with van der Waals surface area (Å²) in [6.45, 7) is 3.84. The van der Waals surface area contributed by atoms with Gasteiger partial charge in [-0.3, -0.25) is 4.79 Å². The normalized spacial score (nSPS) is 18.2. The number of thioether (sulfide) groups is 1. The molecule has 1 unspecified atom stereocenters. The van der Waals surface area contributed by atoms with Gasteiger partial charge in [0.05, 0.1) is 6.04 Å². The molecule has 0 aliphatic carbocycles. The standard InChI is InChI=1S/C14H23N3O2S/c1-10-3-6-17(7-4-10)14(18)12-9-19-13(16-12)11(15)5-8-20-2/h9-11H,3-8,15H2,1-2H3. The van der Waals surface area contributed by atoms with Crippen LogP contribution in [0.15, 0.2) is 10.7 Å². The smallest absolute Gasteiger partial charge is 0.275 e. The van der Waals surface area contributed by atoms with Crippen molar-refractivity contribution in [1.82, 2.24) is 9.88 Å². The zero-order valence-electron chi connectivity index (χ0n) is 12.2. The first-order valence-corrected chi connectivity index (χ1v) is 8.50. The minimum atomic E-state index is -0.231. The molecule has 1 amide bonds. The zero-order valence-corrected chi connectivity index (χ0v) is 13.0. The molecule has 0 aromatic carbocycles. The van der Waals surface area contributed by atoms with Crippen LogP contribution >= 0.6 is 11.8 Å². The molecule has 0 spiro atoms. The van der Waals surface area contributed by atoms with Crippen LogP contribution in [-0.4, -0.2) is 40.9 Å². The monoisotopic (exact) mass is 297 g/mol. The maximum absolute atomic E-state index is 12.3. The highest BCUT2D eigenvalue weighted by Gasteiger charge is 2.24. The maximum Gasteiger partial charge on any atom is 0.275 e. The van der Waals surface area contributed by atoms with Crippen molar-refractivity contribution in [3.63, 3.8) is 0 Å². The van der Waals surface area contributed by atoms with Crippen LogP contribution in [0.5, 0.6) is 0 Å². The Morgan fingerprint density at radius 3 is 2.95 bits per heavy atom. The van der Waals surface area contributed by atoms with Crippen LogP contribution in [0.2, 0.25) is 0 Å². The second-order valence-electron chi connectivity index (χ2n) is 5.43. The van der Waals surface area contributed by atoms with Gasteiger partial charge >= 0.3 is 0 Å². The molecule has 5 nitrogen and oxygen atoms in total. The minimum absolute atomic E-state index is 0.0380. The molecule has 1 aliphatic rings. The first kappa shape index (κ1) is 15.4. The Labute approximate surface area is 124 Å². The average molecular weight is 297 g/mol. The number of hydrogen-bond donors (Lipinski definition) is 1. The molecule has 112 valence electrons. The molecule has 0 saturated carbocycles. The van der Waals surface area contributed by atoms with Gasteiger partial charge in [0.1, 0.15) is 6.26 Å². The number of oxazole rings is 1. The number of carbonyl (C=O) groups excluding carboxylic acids is 1. The molecule has 0 radical (unpaired) electrons. The van der Waals surface area contributed by atoms with Crippen LogP contribution in [-0.2, 0) is 0 Å². The molecule has 0 bridgehead atoms. The highest BCUT2D eigenvalue weighted by atomic mass is 32.2. The first-order valence-electron chi connectivity index (χ1n) is 7.11. The average Bonchev–Trinajstić information content (AvgIpc) is 2.94. The van der Waals surface area contributed by atoms with E-state index >= 15 is 0 Å². The Morgan fingerprint density at radius 2 is 2.30 bits per heavy atom. The van der Waals surface area contributed by atoms with Gasteiger partial charge in [-0.2, -0.15) is 11.8 Å². The Bertz CT molecular complexity index is 441. The molecule has 1 aromatic rings. The van der Waals surface area contributed by atoms with Gasteiger partial charge in [-0.25, -0.2) is 4.98 Å². The molecule has 2 N–H and O–H groups in total. The Kier molecular flexibility index (Phi) is 5.48. The van der Waals surface area contributed by atoms with E-state index in [1.807, 2.05) is 11.2 Å². The van der Waals surface area contributed by atoms with E-state index in [4.69, 9.17) is 10.2 Å². The number of hydrogen-bond acceptors (Lipinski definition) is 5. The van der Waals surface area contributed by atoms with Gasteiger partial charge in [0.2, 0.25) is 5.89 Å². The predicted octanol–water partition coefficient (Wildman–Crippen LogP) is 2.30. The number of nitrogens with two attached hydrogens (primary N) is 1. The largest absolute Gasteiger partial charge is 0.446 e. The molecule has 1 aromatic heterocycles. The Hall–Kier alpha value is -1.01. The molecule has 1 aliphatic heterocycles. The van der Waals surface area contributed by atoms with Gasteiger partial charge in [-0.1, -0.05) is 6.92 Å². The molecule has 1 atom stereocenters. The lowest BCUT2D eigenvalue weighted by Gasteiger charge is -2.29. The quantitative estimate of drug-likeness (QED) is 0.903. The predicted molar refractivity (Wildman–Crippen MR) is 80.7 cm³/mol. The van der Waals surface area contributed by atoms with Crippen LogP contribution in [0.1, 0.15) is 48.6 Å². The van der Waals surface area contributed by atoms with E-state index < -0.39 is 0 Å². The van der Waals surface area contributed by atoms with Crippen molar-refractivity contribution in [1.29, 1.82) is 0 Å². The van der Waals surface area contributed by atoms with E-state index in [9.17, 15) is 4.79 Å². The summed E-state index contributed by atoms with van der Waals surface area (Å²) in [5.74, 6) is 2.08. The van der Waals surface area contributed by atoms with Crippen LogP contribution in [0.4, 0.5) is 0 Å². The second-order valence-corrected chi connectivity index (χ2v) is 6.42. The van der Waals surface area contributed by atoms with Crippen LogP contribution in [0.3, 0.4) is 0 Å². The summed E-state index contributed by atoms with van der Waals surface area (Å²) < 4.78 is 5.36. The minimum Gasteiger partial charge on any atom is -0.446 e. The summed E-state index contributed by atoms with van der Waals surface area (Å²) in [7, 11) is 0. The van der Waals surface area contributed by atoms with Gasteiger partial charge in [-0.05, 0) is 37.2 Å². The third-order valence-electron chi connectivity index (χ3n) is 3.76. The van der Waals surface area contributed by atoms with Crippen molar-refractivity contribution in [2.45, 2.75) is 32.2 Å². The second kappa shape index (κ2) is 7.13. The number of likely N-dealkylation sites (tertiary alicyclic amines) is 1. The highest BCUT2D eigenvalue weighted by molar-refractivity contribution is 7.98. The van der Waals surface area contributed by atoms with E-state index in [1.165, 1.54) is 6.26 Å². The van der Waals surface area contributed by atoms with Crippen molar-refractivity contribution >= 4 is 17.7 Å². The summed E-state index contributed by atoms with van der Waals surface area (Å²) >= 11 is 1.74. The highest BCUT2D eigenvalue weighted by Crippen LogP contribution is 2.20. The van der Waals surface area contributed by atoms with Crippen molar-refractivity contribution in [2.75, 3.05) is 25.1 Å². The lowest BCUT2D eigenvalue weighted by Crippen LogP contribution is -2.38. The van der Waals surface area contributed by atoms with Gasteiger partial charge in [0.25, 0.3) is 5.91 Å². The van der Waals surface area contributed by atoms with Crippen LogP contribution < -0.4 is 5.73 Å². The molecule has 6 heteroatoms. The van der Waals surface area contributed by atoms with Crippen molar-refractivity contribution in [3.05, 3.63) is 17.8 Å². The summed E-state index contributed by atoms with van der Waals surface area (Å²) in [5.41, 5.74) is 6.38. The first-order chi connectivity index (χ1) is 9.61. The van der Waals surface area contributed by atoms with Crippen molar-refractivity contribution in [2.24, 2.45) is 11.7 Å². The third kappa shape index (κ3) is 3.76. The van der Waals surface area contributed by atoms with Gasteiger partial charge in [0.15, 0.2) is 5.69 Å². The summed E-state index contributed by atoms with van der Waals surface area (Å²) in [4.78, 5) is 18.4. The number of carbonyl (C=O) groups is 1. The molecule has 2 heterocycles. The molecule has 20 heavy (non-hydrogen) atoms. The van der Waals surface area contributed by atoms with Crippen LogP contribution in [0, 0.1) is 5.92 Å².